The molecule has 0 fully saturated rings. The van der Waals surface area contributed by atoms with Gasteiger partial charge in [0, 0.05) is 6.04 Å². The molecule has 0 saturated carbocycles. The molecule has 1 aromatic carbocycles. The molecule has 1 aromatic rings. The third kappa shape index (κ3) is 3.25. The highest BCUT2D eigenvalue weighted by molar-refractivity contribution is 5.57. The van der Waals surface area contributed by atoms with E-state index in [1.54, 1.807) is 6.07 Å². The van der Waals surface area contributed by atoms with Crippen LogP contribution in [0.2, 0.25) is 0 Å². The summed E-state index contributed by atoms with van der Waals surface area (Å²) < 4.78 is 12.8. The van der Waals surface area contributed by atoms with Gasteiger partial charge in [0.1, 0.15) is 11.9 Å². The maximum absolute atomic E-state index is 12.8. The number of halogens is 1. The van der Waals surface area contributed by atoms with E-state index in [4.69, 9.17) is 5.26 Å². The summed E-state index contributed by atoms with van der Waals surface area (Å²) in [5.41, 5.74) is 1.07. The maximum Gasteiger partial charge on any atom is 0.124 e. The molecule has 0 heterocycles. The largest absolute Gasteiger partial charge is 0.382 e. The summed E-state index contributed by atoms with van der Waals surface area (Å²) in [6.07, 6.45) is 2.11. The van der Waals surface area contributed by atoms with Gasteiger partial charge >= 0.3 is 0 Å². The van der Waals surface area contributed by atoms with Crippen LogP contribution in [0.15, 0.2) is 18.2 Å². The van der Waals surface area contributed by atoms with Crippen LogP contribution in [0.5, 0.6) is 0 Å². The quantitative estimate of drug-likeness (QED) is 0.820. The Hall–Kier alpha value is -1.56. The molecular weight excluding hydrogens is 191 g/mol. The minimum absolute atomic E-state index is 0.299. The lowest BCUT2D eigenvalue weighted by molar-refractivity contribution is 0.627. The van der Waals surface area contributed by atoms with Crippen LogP contribution < -0.4 is 5.32 Å². The van der Waals surface area contributed by atoms with Gasteiger partial charge in [-0.3, -0.25) is 0 Å². The van der Waals surface area contributed by atoms with Crippen LogP contribution in [0, 0.1) is 17.1 Å². The Balaban J connectivity index is 2.81. The van der Waals surface area contributed by atoms with Crippen LogP contribution in [0.4, 0.5) is 10.1 Å². The minimum Gasteiger partial charge on any atom is -0.382 e. The van der Waals surface area contributed by atoms with Crippen molar-refractivity contribution in [2.45, 2.75) is 32.7 Å². The van der Waals surface area contributed by atoms with Gasteiger partial charge in [0.25, 0.3) is 0 Å². The summed E-state index contributed by atoms with van der Waals surface area (Å²) in [6.45, 7) is 4.15. The Morgan fingerprint density at radius 1 is 1.53 bits per heavy atom. The molecule has 1 N–H and O–H groups in total. The lowest BCUT2D eigenvalue weighted by Crippen LogP contribution is -2.15. The molecule has 2 nitrogen and oxygen atoms in total. The minimum atomic E-state index is -0.375. The summed E-state index contributed by atoms with van der Waals surface area (Å²) >= 11 is 0. The standard InChI is InChI=1S/C12H15FN2/c1-3-4-9(2)15-12-6-5-11(13)7-10(12)8-14/h5-7,9,15H,3-4H2,1-2H3. The lowest BCUT2D eigenvalue weighted by atomic mass is 10.1. The second kappa shape index (κ2) is 5.35. The van der Waals surface area contributed by atoms with Crippen molar-refractivity contribution in [3.8, 4) is 6.07 Å². The number of anilines is 1. The van der Waals surface area contributed by atoms with Crippen LogP contribution >= 0.6 is 0 Å². The fraction of sp³-hybridized carbons (Fsp3) is 0.417. The highest BCUT2D eigenvalue weighted by Gasteiger charge is 2.06. The van der Waals surface area contributed by atoms with E-state index in [2.05, 4.69) is 12.2 Å². The van der Waals surface area contributed by atoms with Gasteiger partial charge in [-0.05, 0) is 31.5 Å². The third-order valence-electron chi connectivity index (χ3n) is 2.23. The SMILES string of the molecule is CCCC(C)Nc1ccc(F)cc1C#N. The summed E-state index contributed by atoms with van der Waals surface area (Å²) in [5, 5.41) is 12.0. The van der Waals surface area contributed by atoms with Crippen LogP contribution in [0.3, 0.4) is 0 Å². The van der Waals surface area contributed by atoms with Crippen molar-refractivity contribution in [3.05, 3.63) is 29.6 Å². The highest BCUT2D eigenvalue weighted by Crippen LogP contribution is 2.17. The normalized spacial score (nSPS) is 11.9. The van der Waals surface area contributed by atoms with Gasteiger partial charge in [0.15, 0.2) is 0 Å². The molecule has 0 saturated heterocycles. The number of hydrogen-bond donors (Lipinski definition) is 1. The zero-order valence-corrected chi connectivity index (χ0v) is 9.05. The van der Waals surface area contributed by atoms with Crippen LogP contribution in [-0.4, -0.2) is 6.04 Å². The van der Waals surface area contributed by atoms with Crippen LogP contribution in [-0.2, 0) is 0 Å². The summed E-state index contributed by atoms with van der Waals surface area (Å²) in [7, 11) is 0. The smallest absolute Gasteiger partial charge is 0.124 e. The van der Waals surface area contributed by atoms with Crippen molar-refractivity contribution < 1.29 is 4.39 Å². The first-order valence-electron chi connectivity index (χ1n) is 5.13. The van der Waals surface area contributed by atoms with Crippen molar-refractivity contribution in [1.29, 1.82) is 5.26 Å². The van der Waals surface area contributed by atoms with Crippen molar-refractivity contribution in [1.82, 2.24) is 0 Å². The van der Waals surface area contributed by atoms with Crippen molar-refractivity contribution >= 4 is 5.69 Å². The fourth-order valence-electron chi connectivity index (χ4n) is 1.51. The molecule has 0 aliphatic rings. The number of rotatable bonds is 4. The van der Waals surface area contributed by atoms with Gasteiger partial charge < -0.3 is 5.32 Å². The second-order valence-electron chi connectivity index (χ2n) is 3.64. The van der Waals surface area contributed by atoms with Gasteiger partial charge in [-0.2, -0.15) is 5.26 Å². The van der Waals surface area contributed by atoms with E-state index in [0.29, 0.717) is 17.3 Å². The molecule has 0 bridgehead atoms. The lowest BCUT2D eigenvalue weighted by Gasteiger charge is -2.15. The van der Waals surface area contributed by atoms with E-state index >= 15 is 0 Å². The Labute approximate surface area is 89.7 Å². The van der Waals surface area contributed by atoms with E-state index in [0.717, 1.165) is 12.8 Å². The second-order valence-corrected chi connectivity index (χ2v) is 3.64. The first kappa shape index (κ1) is 11.5. The summed E-state index contributed by atoms with van der Waals surface area (Å²) in [6, 6.07) is 6.51. The molecule has 1 unspecified atom stereocenters. The average molecular weight is 206 g/mol. The molecule has 15 heavy (non-hydrogen) atoms. The molecule has 0 aromatic heterocycles. The fourth-order valence-corrected chi connectivity index (χ4v) is 1.51. The molecule has 0 amide bonds. The van der Waals surface area contributed by atoms with Crippen LogP contribution in [0.1, 0.15) is 32.3 Å². The van der Waals surface area contributed by atoms with E-state index in [-0.39, 0.29) is 5.82 Å². The molecule has 0 aliphatic carbocycles. The molecule has 0 radical (unpaired) electrons. The molecule has 0 spiro atoms. The molecule has 3 heteroatoms. The monoisotopic (exact) mass is 206 g/mol. The Bertz CT molecular complexity index is 368. The summed E-state index contributed by atoms with van der Waals surface area (Å²) in [5.74, 6) is -0.375. The van der Waals surface area contributed by atoms with E-state index in [9.17, 15) is 4.39 Å². The number of nitriles is 1. The van der Waals surface area contributed by atoms with Gasteiger partial charge in [-0.1, -0.05) is 13.3 Å². The van der Waals surface area contributed by atoms with Gasteiger partial charge in [0.2, 0.25) is 0 Å². The van der Waals surface area contributed by atoms with E-state index in [1.807, 2.05) is 13.0 Å². The Morgan fingerprint density at radius 3 is 2.87 bits per heavy atom. The van der Waals surface area contributed by atoms with Crippen LogP contribution in [0.25, 0.3) is 0 Å². The van der Waals surface area contributed by atoms with Crippen molar-refractivity contribution in [2.75, 3.05) is 5.32 Å². The number of nitrogens with one attached hydrogen (secondary N) is 1. The zero-order valence-electron chi connectivity index (χ0n) is 9.05. The number of hydrogen-bond acceptors (Lipinski definition) is 2. The zero-order chi connectivity index (χ0) is 11.3. The topological polar surface area (TPSA) is 35.8 Å². The Kier molecular flexibility index (Phi) is 4.11. The third-order valence-corrected chi connectivity index (χ3v) is 2.23. The number of benzene rings is 1. The molecule has 1 rings (SSSR count). The summed E-state index contributed by atoms with van der Waals surface area (Å²) in [4.78, 5) is 0. The predicted octanol–water partition coefficient (Wildman–Crippen LogP) is 3.30. The van der Waals surface area contributed by atoms with Crippen molar-refractivity contribution in [2.24, 2.45) is 0 Å². The molecule has 0 aliphatic heterocycles. The van der Waals surface area contributed by atoms with Gasteiger partial charge in [-0.15, -0.1) is 0 Å². The van der Waals surface area contributed by atoms with Crippen molar-refractivity contribution in [3.63, 3.8) is 0 Å². The van der Waals surface area contributed by atoms with E-state index in [1.165, 1.54) is 12.1 Å². The number of nitrogens with zero attached hydrogens (tertiary/aromatic N) is 1. The highest BCUT2D eigenvalue weighted by atomic mass is 19.1. The average Bonchev–Trinajstić information content (AvgIpc) is 2.21. The molecule has 80 valence electrons. The molecule has 1 atom stereocenters. The van der Waals surface area contributed by atoms with Gasteiger partial charge in [-0.25, -0.2) is 4.39 Å². The molecular formula is C12H15FN2. The Morgan fingerprint density at radius 2 is 2.27 bits per heavy atom. The first-order chi connectivity index (χ1) is 7.17. The first-order valence-corrected chi connectivity index (χ1v) is 5.13. The van der Waals surface area contributed by atoms with Gasteiger partial charge in [0.05, 0.1) is 11.3 Å². The predicted molar refractivity (Wildman–Crippen MR) is 59.1 cm³/mol. The van der Waals surface area contributed by atoms with E-state index < -0.39 is 0 Å². The maximum atomic E-state index is 12.8.